The minimum Gasteiger partial charge on any atom is -0.376 e. The lowest BCUT2D eigenvalue weighted by atomic mass is 10.0. The lowest BCUT2D eigenvalue weighted by Crippen LogP contribution is -2.14. The smallest absolute Gasteiger partial charge is 0.357 e. The van der Waals surface area contributed by atoms with Gasteiger partial charge in [-0.2, -0.15) is 8.42 Å². The van der Waals surface area contributed by atoms with Crippen molar-refractivity contribution in [2.24, 2.45) is 0 Å². The Kier molecular flexibility index (Phi) is 6.33. The molecule has 0 fully saturated rings. The second-order valence-electron chi connectivity index (χ2n) is 6.74. The second-order valence-corrected chi connectivity index (χ2v) is 9.70. The monoisotopic (exact) mass is 475 g/mol. The SMILES string of the molecule is O=S(=O)(O)Nc1ccc(C[C@H](Nc2cccc(F)c2)c2csc(-c3cccs3)n2)cc1. The number of nitrogens with one attached hydrogen (secondary N) is 2. The Bertz CT molecular complexity index is 1260. The van der Waals surface area contributed by atoms with Crippen LogP contribution in [0.3, 0.4) is 0 Å². The summed E-state index contributed by atoms with van der Waals surface area (Å²) in [6, 6.07) is 16.7. The van der Waals surface area contributed by atoms with Crippen LogP contribution in [-0.4, -0.2) is 18.0 Å². The molecule has 0 aliphatic rings. The molecule has 0 aliphatic heterocycles. The number of hydrogen-bond donors (Lipinski definition) is 3. The van der Waals surface area contributed by atoms with Gasteiger partial charge in [0.2, 0.25) is 0 Å². The average molecular weight is 476 g/mol. The normalized spacial score (nSPS) is 12.5. The van der Waals surface area contributed by atoms with Crippen LogP contribution in [0.1, 0.15) is 17.3 Å². The number of hydrogen-bond acceptors (Lipinski definition) is 6. The zero-order valence-electron chi connectivity index (χ0n) is 16.0. The van der Waals surface area contributed by atoms with Gasteiger partial charge < -0.3 is 5.32 Å². The predicted octanol–water partition coefficient (Wildman–Crippen LogP) is 5.62. The fraction of sp³-hybridized carbons (Fsp3) is 0.0952. The van der Waals surface area contributed by atoms with Crippen LogP contribution in [0, 0.1) is 5.82 Å². The molecule has 10 heteroatoms. The van der Waals surface area contributed by atoms with E-state index in [0.717, 1.165) is 21.1 Å². The highest BCUT2D eigenvalue weighted by Gasteiger charge is 2.18. The highest BCUT2D eigenvalue weighted by molar-refractivity contribution is 7.87. The van der Waals surface area contributed by atoms with Crippen LogP contribution >= 0.6 is 22.7 Å². The maximum Gasteiger partial charge on any atom is 0.357 e. The van der Waals surface area contributed by atoms with Crippen molar-refractivity contribution >= 4 is 44.4 Å². The predicted molar refractivity (Wildman–Crippen MR) is 124 cm³/mol. The van der Waals surface area contributed by atoms with Crippen LogP contribution in [-0.2, 0) is 16.7 Å². The molecule has 160 valence electrons. The van der Waals surface area contributed by atoms with Crippen molar-refractivity contribution in [1.29, 1.82) is 0 Å². The van der Waals surface area contributed by atoms with E-state index < -0.39 is 10.3 Å². The fourth-order valence-electron chi connectivity index (χ4n) is 3.06. The molecule has 0 bridgehead atoms. The number of anilines is 2. The second kappa shape index (κ2) is 9.15. The van der Waals surface area contributed by atoms with Gasteiger partial charge in [-0.25, -0.2) is 9.37 Å². The molecule has 0 aliphatic carbocycles. The van der Waals surface area contributed by atoms with Crippen LogP contribution in [0.2, 0.25) is 0 Å². The van der Waals surface area contributed by atoms with Gasteiger partial charge in [0.05, 0.1) is 22.3 Å². The van der Waals surface area contributed by atoms with Crippen LogP contribution in [0.25, 0.3) is 9.88 Å². The minimum atomic E-state index is -4.33. The maximum atomic E-state index is 13.7. The molecule has 4 aromatic rings. The molecule has 0 spiro atoms. The maximum absolute atomic E-state index is 13.7. The summed E-state index contributed by atoms with van der Waals surface area (Å²) in [4.78, 5) is 5.87. The van der Waals surface area contributed by atoms with E-state index in [2.05, 4.69) is 5.32 Å². The number of thiophene rings is 1. The van der Waals surface area contributed by atoms with Gasteiger partial charge in [0, 0.05) is 11.1 Å². The molecular weight excluding hydrogens is 457 g/mol. The molecule has 1 atom stereocenters. The lowest BCUT2D eigenvalue weighted by molar-refractivity contribution is 0.489. The Labute approximate surface area is 187 Å². The molecule has 0 saturated carbocycles. The molecule has 31 heavy (non-hydrogen) atoms. The van der Waals surface area contributed by atoms with Gasteiger partial charge in [0.15, 0.2) is 0 Å². The quantitative estimate of drug-likeness (QED) is 0.288. The summed E-state index contributed by atoms with van der Waals surface area (Å²) >= 11 is 3.17. The highest BCUT2D eigenvalue weighted by Crippen LogP contribution is 2.32. The molecule has 0 saturated heterocycles. The van der Waals surface area contributed by atoms with E-state index in [0.29, 0.717) is 12.1 Å². The highest BCUT2D eigenvalue weighted by atomic mass is 32.2. The van der Waals surface area contributed by atoms with Gasteiger partial charge in [-0.1, -0.05) is 24.3 Å². The first-order valence-electron chi connectivity index (χ1n) is 9.21. The fourth-order valence-corrected chi connectivity index (χ4v) is 5.18. The molecule has 2 heterocycles. The number of halogens is 1. The first-order valence-corrected chi connectivity index (χ1v) is 12.4. The minimum absolute atomic E-state index is 0.229. The standard InChI is InChI=1S/C21H18FN3O3S3/c22-15-3-1-4-17(12-15)23-18(19-13-30-21(24-19)20-5-2-10-29-20)11-14-6-8-16(9-7-14)25-31(26,27)28/h1-10,12-13,18,23,25H,11H2,(H,26,27,28)/t18-/m0/s1. The Hall–Kier alpha value is -2.79. The summed E-state index contributed by atoms with van der Waals surface area (Å²) in [5, 5.41) is 8.26. The van der Waals surface area contributed by atoms with Crippen LogP contribution in [0.5, 0.6) is 0 Å². The molecule has 2 aromatic carbocycles. The number of rotatable bonds is 8. The van der Waals surface area contributed by atoms with Gasteiger partial charge in [0.25, 0.3) is 0 Å². The van der Waals surface area contributed by atoms with Gasteiger partial charge >= 0.3 is 10.3 Å². The van der Waals surface area contributed by atoms with Gasteiger partial charge in [-0.05, 0) is 53.8 Å². The zero-order chi connectivity index (χ0) is 21.8. The van der Waals surface area contributed by atoms with Crippen molar-refractivity contribution in [2.75, 3.05) is 10.0 Å². The van der Waals surface area contributed by atoms with Crippen molar-refractivity contribution in [3.63, 3.8) is 0 Å². The van der Waals surface area contributed by atoms with Crippen molar-refractivity contribution < 1.29 is 17.4 Å². The molecular formula is C21H18FN3O3S3. The summed E-state index contributed by atoms with van der Waals surface area (Å²) < 4.78 is 46.6. The van der Waals surface area contributed by atoms with Crippen molar-refractivity contribution in [3.05, 3.63) is 88.5 Å². The van der Waals surface area contributed by atoms with E-state index in [4.69, 9.17) is 9.54 Å². The Morgan fingerprint density at radius 2 is 1.84 bits per heavy atom. The number of thiazole rings is 1. The van der Waals surface area contributed by atoms with E-state index in [1.54, 1.807) is 59.1 Å². The third-order valence-electron chi connectivity index (χ3n) is 4.42. The first-order chi connectivity index (χ1) is 14.9. The molecule has 3 N–H and O–H groups in total. The third kappa shape index (κ3) is 5.88. The van der Waals surface area contributed by atoms with Gasteiger partial charge in [-0.3, -0.25) is 9.27 Å². The number of benzene rings is 2. The van der Waals surface area contributed by atoms with Crippen LogP contribution in [0.15, 0.2) is 71.4 Å². The van der Waals surface area contributed by atoms with Gasteiger partial charge in [-0.15, -0.1) is 22.7 Å². The summed E-state index contributed by atoms with van der Waals surface area (Å²) in [5.41, 5.74) is 2.65. The van der Waals surface area contributed by atoms with E-state index in [-0.39, 0.29) is 17.5 Å². The van der Waals surface area contributed by atoms with E-state index in [1.807, 2.05) is 27.6 Å². The first kappa shape index (κ1) is 21.4. The van der Waals surface area contributed by atoms with Crippen LogP contribution < -0.4 is 10.0 Å². The Morgan fingerprint density at radius 1 is 1.03 bits per heavy atom. The molecule has 4 rings (SSSR count). The van der Waals surface area contributed by atoms with Gasteiger partial charge in [0.1, 0.15) is 10.8 Å². The molecule has 0 radical (unpaired) electrons. The largest absolute Gasteiger partial charge is 0.376 e. The number of aromatic nitrogens is 1. The van der Waals surface area contributed by atoms with Crippen LogP contribution in [0.4, 0.5) is 15.8 Å². The summed E-state index contributed by atoms with van der Waals surface area (Å²) in [7, 11) is -4.33. The van der Waals surface area contributed by atoms with Crippen molar-refractivity contribution in [2.45, 2.75) is 12.5 Å². The van der Waals surface area contributed by atoms with Crippen molar-refractivity contribution in [1.82, 2.24) is 4.98 Å². The summed E-state index contributed by atoms with van der Waals surface area (Å²) in [6.45, 7) is 0. The molecule has 0 unspecified atom stereocenters. The molecule has 0 amide bonds. The van der Waals surface area contributed by atoms with E-state index >= 15 is 0 Å². The summed E-state index contributed by atoms with van der Waals surface area (Å²) in [5.74, 6) is -0.332. The van der Waals surface area contributed by atoms with Crippen molar-refractivity contribution in [3.8, 4) is 9.88 Å². The average Bonchev–Trinajstić information content (AvgIpc) is 3.40. The topological polar surface area (TPSA) is 91.3 Å². The number of nitrogens with zero attached hydrogens (tertiary/aromatic N) is 1. The Morgan fingerprint density at radius 3 is 2.52 bits per heavy atom. The Balaban J connectivity index is 1.59. The lowest BCUT2D eigenvalue weighted by Gasteiger charge is -2.19. The molecule has 6 nitrogen and oxygen atoms in total. The summed E-state index contributed by atoms with van der Waals surface area (Å²) in [6.07, 6.45) is 0.538. The molecule has 2 aromatic heterocycles. The van der Waals surface area contributed by atoms with E-state index in [1.165, 1.54) is 12.1 Å². The van der Waals surface area contributed by atoms with E-state index in [9.17, 15) is 12.8 Å². The zero-order valence-corrected chi connectivity index (χ0v) is 18.5. The third-order valence-corrected chi connectivity index (χ3v) is 6.81.